The molecule has 0 radical (unpaired) electrons. The molecule has 0 fully saturated rings. The Morgan fingerprint density at radius 2 is 1.86 bits per heavy atom. The maximum atomic E-state index is 12.9. The second-order valence-corrected chi connectivity index (χ2v) is 7.86. The fourth-order valence-corrected chi connectivity index (χ4v) is 3.65. The number of rotatable bonds is 6. The van der Waals surface area contributed by atoms with Crippen LogP contribution in [-0.2, 0) is 11.2 Å². The quantitative estimate of drug-likeness (QED) is 0.504. The number of fused-ring (bicyclic) bond motifs is 1. The van der Waals surface area contributed by atoms with E-state index in [1.807, 2.05) is 55.5 Å². The summed E-state index contributed by atoms with van der Waals surface area (Å²) < 4.78 is 5.63. The minimum absolute atomic E-state index is 0.169. The molecule has 1 atom stereocenters. The van der Waals surface area contributed by atoms with E-state index in [2.05, 4.69) is 15.6 Å². The third-order valence-electron chi connectivity index (χ3n) is 4.41. The fourth-order valence-electron chi connectivity index (χ4n) is 2.99. The van der Waals surface area contributed by atoms with Crippen LogP contribution in [0.5, 0.6) is 0 Å². The summed E-state index contributed by atoms with van der Waals surface area (Å²) in [6, 6.07) is 17.8. The van der Waals surface area contributed by atoms with Crippen LogP contribution in [-0.4, -0.2) is 22.8 Å². The first-order valence-electron chi connectivity index (χ1n) is 9.15. The Hall–Kier alpha value is -3.45. The van der Waals surface area contributed by atoms with Crippen molar-refractivity contribution in [2.24, 2.45) is 0 Å². The Balaban J connectivity index is 1.55. The van der Waals surface area contributed by atoms with Crippen molar-refractivity contribution in [3.05, 3.63) is 83.1 Å². The van der Waals surface area contributed by atoms with Crippen LogP contribution < -0.4 is 10.6 Å². The number of anilines is 1. The van der Waals surface area contributed by atoms with E-state index in [1.54, 1.807) is 18.3 Å². The number of furan rings is 1. The molecule has 2 aromatic carbocycles. The molecular weight excluding hydrogens is 386 g/mol. The molecule has 2 heterocycles. The zero-order valence-corrected chi connectivity index (χ0v) is 16.5. The summed E-state index contributed by atoms with van der Waals surface area (Å²) in [5, 5.41) is 6.93. The average molecular weight is 405 g/mol. The molecule has 4 aromatic rings. The average Bonchev–Trinajstić information content (AvgIpc) is 3.34. The van der Waals surface area contributed by atoms with E-state index in [0.717, 1.165) is 15.8 Å². The van der Waals surface area contributed by atoms with Crippen LogP contribution >= 0.6 is 11.3 Å². The molecule has 0 bridgehead atoms. The highest BCUT2D eigenvalue weighted by molar-refractivity contribution is 7.15. The van der Waals surface area contributed by atoms with Gasteiger partial charge >= 0.3 is 0 Å². The van der Waals surface area contributed by atoms with Gasteiger partial charge in [-0.25, -0.2) is 4.98 Å². The summed E-state index contributed by atoms with van der Waals surface area (Å²) in [5.74, 6) is -0.595. The third-order valence-corrected chi connectivity index (χ3v) is 5.23. The van der Waals surface area contributed by atoms with Gasteiger partial charge in [0.1, 0.15) is 11.6 Å². The van der Waals surface area contributed by atoms with Crippen LogP contribution in [0.15, 0.2) is 71.3 Å². The first-order chi connectivity index (χ1) is 14.1. The maximum Gasteiger partial charge on any atom is 0.287 e. The fraction of sp³-hybridized carbons (Fsp3) is 0.136. The Bertz CT molecular complexity index is 1120. The highest BCUT2D eigenvalue weighted by Crippen LogP contribution is 2.20. The van der Waals surface area contributed by atoms with E-state index in [-0.39, 0.29) is 11.7 Å². The van der Waals surface area contributed by atoms with Crippen molar-refractivity contribution in [3.8, 4) is 0 Å². The molecule has 0 aliphatic heterocycles. The van der Waals surface area contributed by atoms with E-state index >= 15 is 0 Å². The van der Waals surface area contributed by atoms with Gasteiger partial charge in [0.25, 0.3) is 5.91 Å². The molecule has 0 aliphatic carbocycles. The Morgan fingerprint density at radius 3 is 2.59 bits per heavy atom. The lowest BCUT2D eigenvalue weighted by molar-refractivity contribution is -0.118. The van der Waals surface area contributed by atoms with Gasteiger partial charge in [0.05, 0.1) is 0 Å². The molecule has 7 heteroatoms. The highest BCUT2D eigenvalue weighted by atomic mass is 32.1. The monoisotopic (exact) mass is 405 g/mol. The van der Waals surface area contributed by atoms with Gasteiger partial charge in [-0.05, 0) is 24.6 Å². The lowest BCUT2D eigenvalue weighted by atomic mass is 10.1. The van der Waals surface area contributed by atoms with Crippen LogP contribution in [0.1, 0.15) is 21.0 Å². The molecule has 2 N–H and O–H groups in total. The zero-order valence-electron chi connectivity index (χ0n) is 15.7. The number of hydrogen-bond acceptors (Lipinski definition) is 5. The van der Waals surface area contributed by atoms with Crippen molar-refractivity contribution in [2.75, 3.05) is 5.32 Å². The molecule has 146 valence electrons. The summed E-state index contributed by atoms with van der Waals surface area (Å²) in [5.41, 5.74) is 1.56. The summed E-state index contributed by atoms with van der Waals surface area (Å²) >= 11 is 1.38. The molecule has 29 heavy (non-hydrogen) atoms. The largest absolute Gasteiger partial charge is 0.451 e. The number of carbonyl (C=O) groups is 2. The van der Waals surface area contributed by atoms with Crippen molar-refractivity contribution >= 4 is 39.3 Å². The molecule has 0 saturated heterocycles. The van der Waals surface area contributed by atoms with E-state index < -0.39 is 11.9 Å². The topological polar surface area (TPSA) is 84.2 Å². The number of thiazole rings is 1. The summed E-state index contributed by atoms with van der Waals surface area (Å²) in [4.78, 5) is 30.8. The maximum absolute atomic E-state index is 12.9. The van der Waals surface area contributed by atoms with Crippen LogP contribution in [0.2, 0.25) is 0 Å². The molecular formula is C22H19N3O3S. The van der Waals surface area contributed by atoms with Gasteiger partial charge in [-0.15, -0.1) is 11.3 Å². The van der Waals surface area contributed by atoms with E-state index in [1.165, 1.54) is 11.3 Å². The lowest BCUT2D eigenvalue weighted by Gasteiger charge is -2.17. The minimum Gasteiger partial charge on any atom is -0.451 e. The smallest absolute Gasteiger partial charge is 0.287 e. The molecule has 0 spiro atoms. The zero-order chi connectivity index (χ0) is 20.2. The van der Waals surface area contributed by atoms with Gasteiger partial charge in [0.15, 0.2) is 10.9 Å². The van der Waals surface area contributed by atoms with Gasteiger partial charge in [-0.3, -0.25) is 9.59 Å². The third kappa shape index (κ3) is 4.52. The van der Waals surface area contributed by atoms with Crippen molar-refractivity contribution < 1.29 is 14.0 Å². The second kappa shape index (κ2) is 8.28. The standard InChI is InChI=1S/C22H19N3O3S/c1-14-13-23-22(29-14)25-20(26)17(11-15-7-3-2-4-8-15)24-21(27)19-12-16-9-5-6-10-18(16)28-19/h2-10,12-13,17H,11H2,1H3,(H,24,27)(H,23,25,26). The number of benzene rings is 2. The predicted octanol–water partition coefficient (Wildman–Crippen LogP) is 4.18. The number of carbonyl (C=O) groups excluding carboxylic acids is 2. The van der Waals surface area contributed by atoms with Crippen LogP contribution in [0, 0.1) is 6.92 Å². The van der Waals surface area contributed by atoms with Crippen LogP contribution in [0.4, 0.5) is 5.13 Å². The number of hydrogen-bond donors (Lipinski definition) is 2. The van der Waals surface area contributed by atoms with E-state index in [4.69, 9.17) is 4.42 Å². The van der Waals surface area contributed by atoms with E-state index in [9.17, 15) is 9.59 Å². The number of nitrogens with one attached hydrogen (secondary N) is 2. The van der Waals surface area contributed by atoms with Crippen molar-refractivity contribution in [1.29, 1.82) is 0 Å². The number of aryl methyl sites for hydroxylation is 1. The number of nitrogens with zero attached hydrogens (tertiary/aromatic N) is 1. The Morgan fingerprint density at radius 1 is 1.10 bits per heavy atom. The van der Waals surface area contributed by atoms with Crippen LogP contribution in [0.25, 0.3) is 11.0 Å². The van der Waals surface area contributed by atoms with Gasteiger partial charge in [-0.2, -0.15) is 0 Å². The molecule has 2 amide bonds. The lowest BCUT2D eigenvalue weighted by Crippen LogP contribution is -2.45. The molecule has 6 nitrogen and oxygen atoms in total. The number of aromatic nitrogens is 1. The Labute approximate surface area is 171 Å². The number of amides is 2. The second-order valence-electron chi connectivity index (χ2n) is 6.63. The van der Waals surface area contributed by atoms with Gasteiger partial charge < -0.3 is 15.1 Å². The van der Waals surface area contributed by atoms with Gasteiger partial charge in [-0.1, -0.05) is 48.5 Å². The minimum atomic E-state index is -0.776. The molecule has 1 unspecified atom stereocenters. The first kappa shape index (κ1) is 18.9. The normalized spacial score (nSPS) is 11.9. The summed E-state index contributed by atoms with van der Waals surface area (Å²) in [7, 11) is 0. The summed E-state index contributed by atoms with van der Waals surface area (Å²) in [6.45, 7) is 1.91. The molecule has 0 aliphatic rings. The highest BCUT2D eigenvalue weighted by Gasteiger charge is 2.24. The molecule has 2 aromatic heterocycles. The predicted molar refractivity (Wildman–Crippen MR) is 113 cm³/mol. The van der Waals surface area contributed by atoms with Gasteiger partial charge in [0.2, 0.25) is 5.91 Å². The van der Waals surface area contributed by atoms with Crippen molar-refractivity contribution in [3.63, 3.8) is 0 Å². The first-order valence-corrected chi connectivity index (χ1v) is 9.97. The number of para-hydroxylation sites is 1. The van der Waals surface area contributed by atoms with Crippen molar-refractivity contribution in [2.45, 2.75) is 19.4 Å². The molecule has 0 saturated carbocycles. The van der Waals surface area contributed by atoms with Crippen LogP contribution in [0.3, 0.4) is 0 Å². The summed E-state index contributed by atoms with van der Waals surface area (Å²) in [6.07, 6.45) is 2.04. The SMILES string of the molecule is Cc1cnc(NC(=O)C(Cc2ccccc2)NC(=O)c2cc3ccccc3o2)s1. The van der Waals surface area contributed by atoms with Gasteiger partial charge in [0, 0.05) is 22.9 Å². The molecule has 4 rings (SSSR count). The van der Waals surface area contributed by atoms with Crippen molar-refractivity contribution in [1.82, 2.24) is 10.3 Å². The Kier molecular flexibility index (Phi) is 5.39. The van der Waals surface area contributed by atoms with E-state index in [0.29, 0.717) is 17.1 Å².